The number of rotatable bonds is 8. The van der Waals surface area contributed by atoms with Crippen LogP contribution in [0.2, 0.25) is 0 Å². The van der Waals surface area contributed by atoms with Gasteiger partial charge in [0.15, 0.2) is 0 Å². The maximum absolute atomic E-state index is 13.4. The molecule has 0 bridgehead atoms. The quantitative estimate of drug-likeness (QED) is 0.373. The Morgan fingerprint density at radius 2 is 1.78 bits per heavy atom. The van der Waals surface area contributed by atoms with Crippen molar-refractivity contribution in [3.05, 3.63) is 62.3 Å². The number of pyridine rings is 1. The topological polar surface area (TPSA) is 81.8 Å². The Kier molecular flexibility index (Phi) is 8.69. The SMILES string of the molecule is CCCn1c(N2CCN(c3ccccc3)CC2)c(/C=C2\SC(=S)N(CCOC)C2=O)c(C)c(C#N)c1=O. The molecule has 4 rings (SSSR count). The normalized spacial score (nSPS) is 17.1. The third-order valence-electron chi connectivity index (χ3n) is 6.66. The van der Waals surface area contributed by atoms with Crippen LogP contribution in [0.4, 0.5) is 11.5 Å². The van der Waals surface area contributed by atoms with Crippen LogP contribution in [0.5, 0.6) is 0 Å². The summed E-state index contributed by atoms with van der Waals surface area (Å²) < 4.78 is 7.32. The standard InChI is InChI=1S/C27H31N5O3S2/c1-4-10-31-24(30-13-11-29(12-14-30)20-8-6-5-7-9-20)21(19(2)22(18-28)25(31)33)17-23-26(34)32(15-16-35-3)27(36)37-23/h5-9,17H,4,10-16H2,1-3H3/b23-17-. The maximum Gasteiger partial charge on any atom is 0.270 e. The lowest BCUT2D eigenvalue weighted by atomic mass is 10.0. The lowest BCUT2D eigenvalue weighted by Gasteiger charge is -2.39. The van der Waals surface area contributed by atoms with E-state index in [1.165, 1.54) is 22.3 Å². The highest BCUT2D eigenvalue weighted by atomic mass is 32.2. The molecule has 2 aliphatic heterocycles. The molecule has 194 valence electrons. The van der Waals surface area contributed by atoms with Crippen LogP contribution in [0.25, 0.3) is 6.08 Å². The minimum Gasteiger partial charge on any atom is -0.383 e. The summed E-state index contributed by atoms with van der Waals surface area (Å²) in [7, 11) is 1.58. The number of anilines is 2. The van der Waals surface area contributed by atoms with E-state index in [1.54, 1.807) is 18.6 Å². The number of para-hydroxylation sites is 1. The van der Waals surface area contributed by atoms with Crippen molar-refractivity contribution in [3.8, 4) is 6.07 Å². The Morgan fingerprint density at radius 3 is 2.41 bits per heavy atom. The van der Waals surface area contributed by atoms with Crippen LogP contribution >= 0.6 is 24.0 Å². The number of benzene rings is 1. The first-order valence-electron chi connectivity index (χ1n) is 12.4. The number of methoxy groups -OCH3 is 1. The van der Waals surface area contributed by atoms with Gasteiger partial charge < -0.3 is 14.5 Å². The van der Waals surface area contributed by atoms with Crippen molar-refractivity contribution in [1.29, 1.82) is 5.26 Å². The van der Waals surface area contributed by atoms with E-state index in [9.17, 15) is 14.9 Å². The van der Waals surface area contributed by atoms with E-state index in [1.807, 2.05) is 31.2 Å². The number of amides is 1. The predicted octanol–water partition coefficient (Wildman–Crippen LogP) is 3.61. The molecule has 2 saturated heterocycles. The zero-order valence-electron chi connectivity index (χ0n) is 21.4. The highest BCUT2D eigenvalue weighted by Gasteiger charge is 2.33. The Bertz CT molecular complexity index is 1310. The molecule has 0 radical (unpaired) electrons. The molecule has 1 aromatic heterocycles. The molecule has 8 nitrogen and oxygen atoms in total. The molecule has 0 spiro atoms. The minimum absolute atomic E-state index is 0.112. The zero-order chi connectivity index (χ0) is 26.5. The van der Waals surface area contributed by atoms with Crippen molar-refractivity contribution in [3.63, 3.8) is 0 Å². The fraction of sp³-hybridized carbons (Fsp3) is 0.407. The van der Waals surface area contributed by atoms with Crippen molar-refractivity contribution in [1.82, 2.24) is 9.47 Å². The highest BCUT2D eigenvalue weighted by molar-refractivity contribution is 8.26. The van der Waals surface area contributed by atoms with Crippen molar-refractivity contribution in [2.75, 3.05) is 56.2 Å². The van der Waals surface area contributed by atoms with Gasteiger partial charge in [-0.2, -0.15) is 5.26 Å². The lowest BCUT2D eigenvalue weighted by molar-refractivity contribution is -0.122. The van der Waals surface area contributed by atoms with Gasteiger partial charge in [0.1, 0.15) is 21.8 Å². The molecule has 2 aliphatic rings. The van der Waals surface area contributed by atoms with Crippen LogP contribution in [0.1, 0.15) is 30.0 Å². The molecule has 37 heavy (non-hydrogen) atoms. The molecule has 1 amide bonds. The number of carbonyl (C=O) groups is 1. The molecule has 0 saturated carbocycles. The van der Waals surface area contributed by atoms with Crippen molar-refractivity contribution < 1.29 is 9.53 Å². The Hall–Kier alpha value is -3.13. The molecule has 0 aliphatic carbocycles. The van der Waals surface area contributed by atoms with Gasteiger partial charge in [-0.1, -0.05) is 49.1 Å². The van der Waals surface area contributed by atoms with Gasteiger partial charge in [-0.3, -0.25) is 19.1 Å². The van der Waals surface area contributed by atoms with Crippen LogP contribution in [0.3, 0.4) is 0 Å². The van der Waals surface area contributed by atoms with Crippen molar-refractivity contribution in [2.45, 2.75) is 26.8 Å². The lowest BCUT2D eigenvalue weighted by Crippen LogP contribution is -2.48. The molecule has 3 heterocycles. The van der Waals surface area contributed by atoms with Crippen LogP contribution in [0, 0.1) is 18.3 Å². The first-order valence-corrected chi connectivity index (χ1v) is 13.6. The molecule has 2 aromatic rings. The monoisotopic (exact) mass is 537 g/mol. The molecule has 10 heteroatoms. The Balaban J connectivity index is 1.77. The Morgan fingerprint density at radius 1 is 1.11 bits per heavy atom. The van der Waals surface area contributed by atoms with Gasteiger partial charge in [0.2, 0.25) is 0 Å². The molecule has 2 fully saturated rings. The number of ether oxygens (including phenoxy) is 1. The van der Waals surface area contributed by atoms with Crippen molar-refractivity contribution >= 4 is 51.8 Å². The van der Waals surface area contributed by atoms with Gasteiger partial charge in [0, 0.05) is 51.1 Å². The fourth-order valence-electron chi connectivity index (χ4n) is 4.74. The summed E-state index contributed by atoms with van der Waals surface area (Å²) in [4.78, 5) is 33.2. The van der Waals surface area contributed by atoms with Crippen molar-refractivity contribution in [2.24, 2.45) is 0 Å². The Labute approximate surface area is 227 Å². The number of aromatic nitrogens is 1. The smallest absolute Gasteiger partial charge is 0.270 e. The average Bonchev–Trinajstić information content (AvgIpc) is 3.18. The summed E-state index contributed by atoms with van der Waals surface area (Å²) in [6, 6.07) is 12.4. The zero-order valence-corrected chi connectivity index (χ0v) is 23.0. The molecular weight excluding hydrogens is 506 g/mol. The van der Waals surface area contributed by atoms with Gasteiger partial charge in [-0.15, -0.1) is 0 Å². The highest BCUT2D eigenvalue weighted by Crippen LogP contribution is 2.36. The van der Waals surface area contributed by atoms with Gasteiger partial charge in [-0.05, 0) is 37.1 Å². The molecule has 0 atom stereocenters. The summed E-state index contributed by atoms with van der Waals surface area (Å²) in [5.74, 6) is 0.580. The number of carbonyl (C=O) groups excluding carboxylic acids is 1. The third kappa shape index (κ3) is 5.44. The maximum atomic E-state index is 13.4. The number of nitriles is 1. The van der Waals surface area contributed by atoms with E-state index in [0.717, 1.165) is 30.9 Å². The van der Waals surface area contributed by atoms with E-state index < -0.39 is 0 Å². The van der Waals surface area contributed by atoms with Gasteiger partial charge >= 0.3 is 0 Å². The first-order chi connectivity index (χ1) is 17.9. The minimum atomic E-state index is -0.285. The molecule has 1 aromatic carbocycles. The molecule has 0 unspecified atom stereocenters. The second-order valence-electron chi connectivity index (χ2n) is 8.94. The number of piperazine rings is 1. The number of nitrogens with zero attached hydrogens (tertiary/aromatic N) is 5. The second kappa shape index (κ2) is 11.9. The predicted molar refractivity (Wildman–Crippen MR) is 153 cm³/mol. The number of thioether (sulfide) groups is 1. The summed E-state index contributed by atoms with van der Waals surface area (Å²) in [5.41, 5.74) is 2.31. The number of hydrogen-bond donors (Lipinski definition) is 0. The summed E-state index contributed by atoms with van der Waals surface area (Å²) >= 11 is 6.70. The first kappa shape index (κ1) is 26.9. The van der Waals surface area contributed by atoms with Crippen LogP contribution < -0.4 is 15.4 Å². The molecular formula is C27H31N5O3S2. The van der Waals surface area contributed by atoms with E-state index in [0.29, 0.717) is 47.6 Å². The van der Waals surface area contributed by atoms with E-state index in [2.05, 4.69) is 28.0 Å². The largest absolute Gasteiger partial charge is 0.383 e. The van der Waals surface area contributed by atoms with Crippen LogP contribution in [-0.4, -0.2) is 66.1 Å². The second-order valence-corrected chi connectivity index (χ2v) is 10.6. The summed E-state index contributed by atoms with van der Waals surface area (Å²) in [5, 5.41) is 9.85. The number of hydrogen-bond acceptors (Lipinski definition) is 8. The van der Waals surface area contributed by atoms with Gasteiger partial charge in [0.25, 0.3) is 11.5 Å². The van der Waals surface area contributed by atoms with Crippen LogP contribution in [0.15, 0.2) is 40.0 Å². The third-order valence-corrected chi connectivity index (χ3v) is 8.04. The fourth-order valence-corrected chi connectivity index (χ4v) is 6.03. The average molecular weight is 538 g/mol. The van der Waals surface area contributed by atoms with E-state index in [4.69, 9.17) is 17.0 Å². The van der Waals surface area contributed by atoms with E-state index >= 15 is 0 Å². The van der Waals surface area contributed by atoms with Crippen LogP contribution in [-0.2, 0) is 16.1 Å². The summed E-state index contributed by atoms with van der Waals surface area (Å²) in [6.07, 6.45) is 2.55. The van der Waals surface area contributed by atoms with E-state index in [-0.39, 0.29) is 17.0 Å². The molecule has 0 N–H and O–H groups in total. The van der Waals surface area contributed by atoms with Gasteiger partial charge in [-0.25, -0.2) is 0 Å². The van der Waals surface area contributed by atoms with Gasteiger partial charge in [0.05, 0.1) is 18.1 Å². The summed E-state index contributed by atoms with van der Waals surface area (Å²) in [6.45, 7) is 8.05. The number of thiocarbonyl (C=S) groups is 1.